The fourth-order valence-electron chi connectivity index (χ4n) is 3.90. The number of amides is 1. The number of hydrogen-bond acceptors (Lipinski definition) is 4. The zero-order chi connectivity index (χ0) is 17.4. The van der Waals surface area contributed by atoms with Crippen LogP contribution in [0, 0.1) is 0 Å². The SMILES string of the molecule is O=C(O)C[C@@H]1Cc2ccccc2CN1C(=O)c1noc2c1CCCC2. The maximum Gasteiger partial charge on any atom is 0.305 e. The first kappa shape index (κ1) is 15.9. The van der Waals surface area contributed by atoms with Crippen molar-refractivity contribution in [1.82, 2.24) is 10.1 Å². The zero-order valence-electron chi connectivity index (χ0n) is 13.9. The maximum atomic E-state index is 13.1. The second kappa shape index (κ2) is 6.35. The lowest BCUT2D eigenvalue weighted by molar-refractivity contribution is -0.138. The van der Waals surface area contributed by atoms with Gasteiger partial charge in [0, 0.05) is 24.6 Å². The third-order valence-electron chi connectivity index (χ3n) is 5.18. The molecule has 0 spiro atoms. The predicted molar refractivity (Wildman–Crippen MR) is 89.2 cm³/mol. The first-order valence-electron chi connectivity index (χ1n) is 8.70. The molecule has 6 heteroatoms. The molecular formula is C19H20N2O4. The average molecular weight is 340 g/mol. The highest BCUT2D eigenvalue weighted by atomic mass is 16.5. The van der Waals surface area contributed by atoms with Crippen molar-refractivity contribution in [3.63, 3.8) is 0 Å². The Bertz CT molecular complexity index is 827. The van der Waals surface area contributed by atoms with E-state index in [1.54, 1.807) is 4.90 Å². The highest BCUT2D eigenvalue weighted by molar-refractivity contribution is 5.94. The minimum Gasteiger partial charge on any atom is -0.481 e. The minimum absolute atomic E-state index is 0.0693. The number of hydrogen-bond donors (Lipinski definition) is 1. The lowest BCUT2D eigenvalue weighted by Gasteiger charge is -2.36. The third-order valence-corrected chi connectivity index (χ3v) is 5.18. The molecule has 2 heterocycles. The van der Waals surface area contributed by atoms with Crippen LogP contribution in [0.5, 0.6) is 0 Å². The van der Waals surface area contributed by atoms with Crippen LogP contribution in [0.25, 0.3) is 0 Å². The summed E-state index contributed by atoms with van der Waals surface area (Å²) in [6.45, 7) is 0.411. The van der Waals surface area contributed by atoms with Crippen LogP contribution in [0.4, 0.5) is 0 Å². The van der Waals surface area contributed by atoms with E-state index in [1.165, 1.54) is 0 Å². The fraction of sp³-hybridized carbons (Fsp3) is 0.421. The third kappa shape index (κ3) is 2.92. The Morgan fingerprint density at radius 3 is 2.76 bits per heavy atom. The van der Waals surface area contributed by atoms with Crippen LogP contribution in [-0.4, -0.2) is 33.1 Å². The summed E-state index contributed by atoms with van der Waals surface area (Å²) in [4.78, 5) is 26.1. The summed E-state index contributed by atoms with van der Waals surface area (Å²) in [6.07, 6.45) is 4.17. The van der Waals surface area contributed by atoms with Gasteiger partial charge in [0.05, 0.1) is 6.42 Å². The number of carbonyl (C=O) groups excluding carboxylic acids is 1. The predicted octanol–water partition coefficient (Wildman–Crippen LogP) is 2.60. The molecular weight excluding hydrogens is 320 g/mol. The molecule has 1 N–H and O–H groups in total. The molecule has 0 bridgehead atoms. The van der Waals surface area contributed by atoms with Crippen LogP contribution < -0.4 is 0 Å². The molecule has 4 rings (SSSR count). The summed E-state index contributed by atoms with van der Waals surface area (Å²) < 4.78 is 5.37. The molecule has 130 valence electrons. The van der Waals surface area contributed by atoms with Crippen molar-refractivity contribution < 1.29 is 19.2 Å². The van der Waals surface area contributed by atoms with Gasteiger partial charge in [-0.15, -0.1) is 0 Å². The minimum atomic E-state index is -0.899. The molecule has 1 aromatic carbocycles. The Morgan fingerprint density at radius 2 is 1.96 bits per heavy atom. The van der Waals surface area contributed by atoms with Gasteiger partial charge in [0.1, 0.15) is 5.76 Å². The maximum absolute atomic E-state index is 13.1. The first-order valence-corrected chi connectivity index (χ1v) is 8.70. The zero-order valence-corrected chi connectivity index (χ0v) is 13.9. The Morgan fingerprint density at radius 1 is 1.20 bits per heavy atom. The number of aryl methyl sites for hydroxylation is 1. The van der Waals surface area contributed by atoms with Crippen molar-refractivity contribution in [2.24, 2.45) is 0 Å². The molecule has 1 aromatic heterocycles. The summed E-state index contributed by atoms with van der Waals surface area (Å²) in [5, 5.41) is 13.3. The standard InChI is InChI=1S/C19H20N2O4/c22-17(23)10-14-9-12-5-1-2-6-13(12)11-21(14)19(24)18-15-7-3-4-8-16(15)25-20-18/h1-2,5-6,14H,3-4,7-11H2,(H,22,23)/t14-/m0/s1. The largest absolute Gasteiger partial charge is 0.481 e. The highest BCUT2D eigenvalue weighted by Gasteiger charge is 2.35. The van der Waals surface area contributed by atoms with Gasteiger partial charge in [-0.1, -0.05) is 29.4 Å². The molecule has 1 atom stereocenters. The number of aliphatic carboxylic acids is 1. The van der Waals surface area contributed by atoms with Gasteiger partial charge in [-0.3, -0.25) is 9.59 Å². The van der Waals surface area contributed by atoms with Crippen LogP contribution in [-0.2, 0) is 30.6 Å². The molecule has 1 aliphatic carbocycles. The molecule has 0 radical (unpaired) electrons. The van der Waals surface area contributed by atoms with E-state index < -0.39 is 5.97 Å². The van der Waals surface area contributed by atoms with E-state index in [1.807, 2.05) is 24.3 Å². The Balaban J connectivity index is 1.67. The topological polar surface area (TPSA) is 83.6 Å². The van der Waals surface area contributed by atoms with Crippen LogP contribution >= 0.6 is 0 Å². The molecule has 6 nitrogen and oxygen atoms in total. The number of benzene rings is 1. The number of carboxylic acids is 1. The quantitative estimate of drug-likeness (QED) is 0.928. The number of fused-ring (bicyclic) bond motifs is 2. The van der Waals surface area contributed by atoms with Gasteiger partial charge in [0.15, 0.2) is 5.69 Å². The molecule has 1 amide bonds. The molecule has 0 fully saturated rings. The van der Waals surface area contributed by atoms with Crippen molar-refractivity contribution in [2.75, 3.05) is 0 Å². The lowest BCUT2D eigenvalue weighted by Crippen LogP contribution is -2.45. The lowest BCUT2D eigenvalue weighted by atomic mass is 9.91. The molecule has 0 saturated heterocycles. The Hall–Kier alpha value is -2.63. The van der Waals surface area contributed by atoms with Crippen LogP contribution in [0.15, 0.2) is 28.8 Å². The summed E-state index contributed by atoms with van der Waals surface area (Å²) in [6, 6.07) is 7.52. The van der Waals surface area contributed by atoms with E-state index in [0.29, 0.717) is 18.7 Å². The Labute approximate surface area is 145 Å². The van der Waals surface area contributed by atoms with Crippen molar-refractivity contribution in [2.45, 2.75) is 51.1 Å². The van der Waals surface area contributed by atoms with Gasteiger partial charge >= 0.3 is 5.97 Å². The average Bonchev–Trinajstić information content (AvgIpc) is 3.04. The molecule has 2 aliphatic rings. The van der Waals surface area contributed by atoms with Gasteiger partial charge in [-0.25, -0.2) is 0 Å². The molecule has 2 aromatic rings. The molecule has 0 unspecified atom stereocenters. The summed E-state index contributed by atoms with van der Waals surface area (Å²) in [5.74, 6) is -0.307. The number of carbonyl (C=O) groups is 2. The van der Waals surface area contributed by atoms with Crippen molar-refractivity contribution in [3.05, 3.63) is 52.4 Å². The fourth-order valence-corrected chi connectivity index (χ4v) is 3.90. The normalized spacial score (nSPS) is 19.2. The van der Waals surface area contributed by atoms with Gasteiger partial charge in [-0.05, 0) is 36.8 Å². The van der Waals surface area contributed by atoms with Crippen molar-refractivity contribution in [3.8, 4) is 0 Å². The van der Waals surface area contributed by atoms with E-state index in [-0.39, 0.29) is 18.4 Å². The Kier molecular flexibility index (Phi) is 4.03. The van der Waals surface area contributed by atoms with Crippen LogP contribution in [0.3, 0.4) is 0 Å². The second-order valence-electron chi connectivity index (χ2n) is 6.80. The smallest absolute Gasteiger partial charge is 0.305 e. The first-order chi connectivity index (χ1) is 12.1. The van der Waals surface area contributed by atoms with E-state index in [2.05, 4.69) is 5.16 Å². The molecule has 25 heavy (non-hydrogen) atoms. The molecule has 1 aliphatic heterocycles. The van der Waals surface area contributed by atoms with Gasteiger partial charge in [0.25, 0.3) is 5.91 Å². The second-order valence-corrected chi connectivity index (χ2v) is 6.80. The summed E-state index contributed by atoms with van der Waals surface area (Å²) in [7, 11) is 0. The monoisotopic (exact) mass is 340 g/mol. The van der Waals surface area contributed by atoms with E-state index >= 15 is 0 Å². The summed E-state index contributed by atoms with van der Waals surface area (Å²) in [5.41, 5.74) is 3.45. The van der Waals surface area contributed by atoms with Crippen molar-refractivity contribution >= 4 is 11.9 Å². The van der Waals surface area contributed by atoms with E-state index in [0.717, 1.165) is 48.1 Å². The van der Waals surface area contributed by atoms with E-state index in [4.69, 9.17) is 4.52 Å². The van der Waals surface area contributed by atoms with Gasteiger partial charge < -0.3 is 14.5 Å². The van der Waals surface area contributed by atoms with Gasteiger partial charge in [0.2, 0.25) is 0 Å². The number of rotatable bonds is 3. The van der Waals surface area contributed by atoms with E-state index in [9.17, 15) is 14.7 Å². The van der Waals surface area contributed by atoms with Crippen LogP contribution in [0.1, 0.15) is 52.2 Å². The van der Waals surface area contributed by atoms with Gasteiger partial charge in [-0.2, -0.15) is 0 Å². The highest BCUT2D eigenvalue weighted by Crippen LogP contribution is 2.30. The number of aromatic nitrogens is 1. The van der Waals surface area contributed by atoms with Crippen LogP contribution in [0.2, 0.25) is 0 Å². The number of nitrogens with zero attached hydrogens (tertiary/aromatic N) is 2. The number of carboxylic acid groups (broad SMARTS) is 1. The summed E-state index contributed by atoms with van der Waals surface area (Å²) >= 11 is 0. The van der Waals surface area contributed by atoms with Crippen molar-refractivity contribution in [1.29, 1.82) is 0 Å². The molecule has 0 saturated carbocycles.